The fourth-order valence-corrected chi connectivity index (χ4v) is 2.56. The lowest BCUT2D eigenvalue weighted by atomic mass is 10.1. The number of pyridine rings is 1. The Balaban J connectivity index is 2.08. The average Bonchev–Trinajstić information content (AvgIpc) is 2.80. The summed E-state index contributed by atoms with van der Waals surface area (Å²) in [6.45, 7) is 4.16. The van der Waals surface area contributed by atoms with Gasteiger partial charge >= 0.3 is 0 Å². The lowest BCUT2D eigenvalue weighted by Crippen LogP contribution is -1.96. The van der Waals surface area contributed by atoms with Gasteiger partial charge in [0.1, 0.15) is 0 Å². The van der Waals surface area contributed by atoms with E-state index in [9.17, 15) is 0 Å². The van der Waals surface area contributed by atoms with Gasteiger partial charge in [-0.15, -0.1) is 12.6 Å². The van der Waals surface area contributed by atoms with E-state index in [4.69, 9.17) is 0 Å². The third-order valence-electron chi connectivity index (χ3n) is 3.41. The van der Waals surface area contributed by atoms with Crippen LogP contribution in [0.3, 0.4) is 0 Å². The second-order valence-corrected chi connectivity index (χ2v) is 5.23. The van der Waals surface area contributed by atoms with Gasteiger partial charge in [0.25, 0.3) is 0 Å². The first kappa shape index (κ1) is 13.0. The molecule has 2 N–H and O–H groups in total. The number of aryl methyl sites for hydroxylation is 1. The van der Waals surface area contributed by atoms with E-state index in [0.29, 0.717) is 0 Å². The SMILES string of the molecule is CCc1c(Nc2ccnc3ccc(S)cc23)n[nH]c1C. The minimum atomic E-state index is 0.877. The molecule has 3 aromatic rings. The van der Waals surface area contributed by atoms with E-state index in [1.807, 2.05) is 31.2 Å². The van der Waals surface area contributed by atoms with Gasteiger partial charge in [-0.1, -0.05) is 6.92 Å². The van der Waals surface area contributed by atoms with Gasteiger partial charge in [0.05, 0.1) is 11.2 Å². The van der Waals surface area contributed by atoms with Crippen LogP contribution in [0, 0.1) is 6.92 Å². The fourth-order valence-electron chi connectivity index (χ4n) is 2.36. The summed E-state index contributed by atoms with van der Waals surface area (Å²) in [5.41, 5.74) is 4.24. The predicted molar refractivity (Wildman–Crippen MR) is 85.0 cm³/mol. The van der Waals surface area contributed by atoms with Crippen molar-refractivity contribution in [3.63, 3.8) is 0 Å². The number of nitrogens with zero attached hydrogens (tertiary/aromatic N) is 2. The lowest BCUT2D eigenvalue weighted by Gasteiger charge is -2.09. The molecular weight excluding hydrogens is 268 g/mol. The van der Waals surface area contributed by atoms with E-state index >= 15 is 0 Å². The predicted octanol–water partition coefficient (Wildman–Crippen LogP) is 3.86. The Bertz CT molecular complexity index is 764. The van der Waals surface area contributed by atoms with Crippen LogP contribution in [0.15, 0.2) is 35.4 Å². The molecule has 2 aromatic heterocycles. The molecule has 0 saturated carbocycles. The molecule has 0 aliphatic heterocycles. The van der Waals surface area contributed by atoms with Crippen molar-refractivity contribution in [3.05, 3.63) is 41.7 Å². The highest BCUT2D eigenvalue weighted by molar-refractivity contribution is 7.80. The molecule has 0 aliphatic carbocycles. The molecule has 4 nitrogen and oxygen atoms in total. The van der Waals surface area contributed by atoms with Gasteiger partial charge in [-0.05, 0) is 37.6 Å². The normalized spacial score (nSPS) is 10.9. The molecule has 102 valence electrons. The minimum absolute atomic E-state index is 0.877. The number of hydrogen-bond donors (Lipinski definition) is 3. The van der Waals surface area contributed by atoms with E-state index in [2.05, 4.69) is 40.1 Å². The topological polar surface area (TPSA) is 53.6 Å². The molecule has 0 spiro atoms. The Morgan fingerprint density at radius 3 is 2.95 bits per heavy atom. The minimum Gasteiger partial charge on any atom is -0.338 e. The first-order valence-electron chi connectivity index (χ1n) is 6.57. The Morgan fingerprint density at radius 1 is 1.30 bits per heavy atom. The van der Waals surface area contributed by atoms with E-state index in [1.165, 1.54) is 5.56 Å². The zero-order valence-corrected chi connectivity index (χ0v) is 12.3. The van der Waals surface area contributed by atoms with Crippen LogP contribution >= 0.6 is 12.6 Å². The van der Waals surface area contributed by atoms with Crippen molar-refractivity contribution in [2.24, 2.45) is 0 Å². The van der Waals surface area contributed by atoms with Gasteiger partial charge in [-0.2, -0.15) is 5.10 Å². The number of H-pyrrole nitrogens is 1. The number of nitrogens with one attached hydrogen (secondary N) is 2. The summed E-state index contributed by atoms with van der Waals surface area (Å²) in [6, 6.07) is 7.88. The summed E-state index contributed by atoms with van der Waals surface area (Å²) in [5, 5.41) is 11.8. The Kier molecular flexibility index (Phi) is 3.36. The van der Waals surface area contributed by atoms with Crippen LogP contribution in [0.1, 0.15) is 18.2 Å². The zero-order valence-electron chi connectivity index (χ0n) is 11.4. The second kappa shape index (κ2) is 5.17. The van der Waals surface area contributed by atoms with Gasteiger partial charge in [0.15, 0.2) is 5.82 Å². The summed E-state index contributed by atoms with van der Waals surface area (Å²) < 4.78 is 0. The summed E-state index contributed by atoms with van der Waals surface area (Å²) in [7, 11) is 0. The van der Waals surface area contributed by atoms with Crippen molar-refractivity contribution in [3.8, 4) is 0 Å². The molecule has 20 heavy (non-hydrogen) atoms. The molecule has 0 aliphatic rings. The average molecular weight is 284 g/mol. The molecule has 2 heterocycles. The molecule has 1 aromatic carbocycles. The number of anilines is 2. The molecule has 0 amide bonds. The molecule has 0 fully saturated rings. The van der Waals surface area contributed by atoms with Crippen LogP contribution in [0.2, 0.25) is 0 Å². The van der Waals surface area contributed by atoms with Gasteiger partial charge in [-0.3, -0.25) is 10.1 Å². The smallest absolute Gasteiger partial charge is 0.155 e. The van der Waals surface area contributed by atoms with Crippen molar-refractivity contribution in [2.45, 2.75) is 25.2 Å². The highest BCUT2D eigenvalue weighted by Crippen LogP contribution is 2.28. The van der Waals surface area contributed by atoms with Gasteiger partial charge in [0.2, 0.25) is 0 Å². The second-order valence-electron chi connectivity index (χ2n) is 4.71. The third-order valence-corrected chi connectivity index (χ3v) is 3.68. The monoisotopic (exact) mass is 284 g/mol. The van der Waals surface area contributed by atoms with Crippen LogP contribution < -0.4 is 5.32 Å². The van der Waals surface area contributed by atoms with E-state index in [1.54, 1.807) is 6.20 Å². The van der Waals surface area contributed by atoms with Crippen molar-refractivity contribution in [1.82, 2.24) is 15.2 Å². The summed E-state index contributed by atoms with van der Waals surface area (Å²) in [5.74, 6) is 0.877. The first-order chi connectivity index (χ1) is 9.69. The molecule has 5 heteroatoms. The zero-order chi connectivity index (χ0) is 14.1. The summed E-state index contributed by atoms with van der Waals surface area (Å²) in [4.78, 5) is 5.29. The maximum atomic E-state index is 4.40. The molecule has 0 unspecified atom stereocenters. The fraction of sp³-hybridized carbons (Fsp3) is 0.200. The number of aromatic amines is 1. The number of benzene rings is 1. The van der Waals surface area contributed by atoms with Crippen LogP contribution in [-0.4, -0.2) is 15.2 Å². The standard InChI is InChI=1S/C15H16N4S/c1-3-11-9(2)18-19-15(11)17-14-6-7-16-13-5-4-10(20)8-12(13)14/h4-8,20H,3H2,1-2H3,(H2,16,17,18,19). The van der Waals surface area contributed by atoms with Crippen LogP contribution in [0.5, 0.6) is 0 Å². The maximum Gasteiger partial charge on any atom is 0.155 e. The Morgan fingerprint density at radius 2 is 2.15 bits per heavy atom. The number of rotatable bonds is 3. The summed E-state index contributed by atoms with van der Waals surface area (Å²) >= 11 is 4.40. The molecule has 0 radical (unpaired) electrons. The number of fused-ring (bicyclic) bond motifs is 1. The van der Waals surface area contributed by atoms with Gasteiger partial charge in [0, 0.05) is 27.7 Å². The Labute approximate surface area is 123 Å². The quantitative estimate of drug-likeness (QED) is 0.640. The Hall–Kier alpha value is -2.01. The maximum absolute atomic E-state index is 4.40. The molecule has 0 saturated heterocycles. The van der Waals surface area contributed by atoms with Crippen LogP contribution in [-0.2, 0) is 6.42 Å². The van der Waals surface area contributed by atoms with Crippen molar-refractivity contribution in [1.29, 1.82) is 0 Å². The molecule has 0 atom stereocenters. The van der Waals surface area contributed by atoms with E-state index < -0.39 is 0 Å². The van der Waals surface area contributed by atoms with Crippen molar-refractivity contribution >= 4 is 35.0 Å². The lowest BCUT2D eigenvalue weighted by molar-refractivity contribution is 1.04. The largest absolute Gasteiger partial charge is 0.338 e. The number of thiol groups is 1. The number of aromatic nitrogens is 3. The summed E-state index contributed by atoms with van der Waals surface area (Å²) in [6.07, 6.45) is 2.74. The molecule has 0 bridgehead atoms. The molecule has 3 rings (SSSR count). The highest BCUT2D eigenvalue weighted by Gasteiger charge is 2.10. The highest BCUT2D eigenvalue weighted by atomic mass is 32.1. The van der Waals surface area contributed by atoms with Crippen molar-refractivity contribution in [2.75, 3.05) is 5.32 Å². The van der Waals surface area contributed by atoms with E-state index in [0.717, 1.165) is 39.4 Å². The third kappa shape index (κ3) is 2.25. The van der Waals surface area contributed by atoms with Crippen molar-refractivity contribution < 1.29 is 0 Å². The first-order valence-corrected chi connectivity index (χ1v) is 7.02. The van der Waals surface area contributed by atoms with Gasteiger partial charge < -0.3 is 5.32 Å². The van der Waals surface area contributed by atoms with Gasteiger partial charge in [-0.25, -0.2) is 0 Å². The number of hydrogen-bond acceptors (Lipinski definition) is 4. The van der Waals surface area contributed by atoms with E-state index in [-0.39, 0.29) is 0 Å². The molecular formula is C15H16N4S. The van der Waals surface area contributed by atoms with Crippen LogP contribution in [0.4, 0.5) is 11.5 Å². The van der Waals surface area contributed by atoms with Crippen LogP contribution in [0.25, 0.3) is 10.9 Å².